The number of nitrogens with zero attached hydrogens (tertiary/aromatic N) is 1. The summed E-state index contributed by atoms with van der Waals surface area (Å²) in [5, 5.41) is 10.1. The van der Waals surface area contributed by atoms with Crippen molar-refractivity contribution in [2.45, 2.75) is 69.7 Å². The van der Waals surface area contributed by atoms with Crippen molar-refractivity contribution in [2.75, 3.05) is 6.54 Å². The number of amides is 1. The molecular formula is C14H22F3NO2. The van der Waals surface area contributed by atoms with Crippen LogP contribution < -0.4 is 0 Å². The number of alkyl halides is 3. The van der Waals surface area contributed by atoms with Crippen molar-refractivity contribution in [1.29, 1.82) is 0 Å². The Hall–Kier alpha value is -0.780. The van der Waals surface area contributed by atoms with Gasteiger partial charge in [0.15, 0.2) is 0 Å². The molecule has 0 bridgehead atoms. The summed E-state index contributed by atoms with van der Waals surface area (Å²) < 4.78 is 36.6. The van der Waals surface area contributed by atoms with Crippen LogP contribution in [-0.4, -0.2) is 40.8 Å². The van der Waals surface area contributed by atoms with E-state index >= 15 is 0 Å². The van der Waals surface area contributed by atoms with Crippen molar-refractivity contribution in [3.05, 3.63) is 0 Å². The predicted molar refractivity (Wildman–Crippen MR) is 68.0 cm³/mol. The van der Waals surface area contributed by atoms with Gasteiger partial charge in [0.25, 0.3) is 0 Å². The first-order chi connectivity index (χ1) is 9.38. The van der Waals surface area contributed by atoms with Gasteiger partial charge in [-0.05, 0) is 25.7 Å². The third-order valence-corrected chi connectivity index (χ3v) is 4.52. The van der Waals surface area contributed by atoms with Gasteiger partial charge in [-0.1, -0.05) is 12.8 Å². The lowest BCUT2D eigenvalue weighted by molar-refractivity contribution is -0.150. The zero-order valence-corrected chi connectivity index (χ0v) is 11.5. The highest BCUT2D eigenvalue weighted by atomic mass is 19.4. The summed E-state index contributed by atoms with van der Waals surface area (Å²) in [7, 11) is 0. The van der Waals surface area contributed by atoms with Crippen molar-refractivity contribution >= 4 is 5.91 Å². The van der Waals surface area contributed by atoms with Crippen molar-refractivity contribution < 1.29 is 23.1 Å². The van der Waals surface area contributed by atoms with Crippen LogP contribution >= 0.6 is 0 Å². The molecule has 1 heterocycles. The standard InChI is InChI=1S/C14H22F3NO2/c15-14(16,17)8-7-13(20)18-9-3-5-11(18)10-4-1-2-6-12(10)19/h10-12,19H,1-9H2/t10-,11-,12+/m1/s1. The maximum atomic E-state index is 12.2. The van der Waals surface area contributed by atoms with Gasteiger partial charge in [-0.25, -0.2) is 0 Å². The predicted octanol–water partition coefficient (Wildman–Crippen LogP) is 2.87. The van der Waals surface area contributed by atoms with Crippen LogP contribution in [-0.2, 0) is 4.79 Å². The highest BCUT2D eigenvalue weighted by Gasteiger charge is 2.39. The summed E-state index contributed by atoms with van der Waals surface area (Å²) in [6.45, 7) is 0.532. The summed E-state index contributed by atoms with van der Waals surface area (Å²) in [5.41, 5.74) is 0. The number of aliphatic hydroxyl groups is 1. The number of rotatable bonds is 3. The minimum absolute atomic E-state index is 0.0427. The average Bonchev–Trinajstić information content (AvgIpc) is 2.84. The second kappa shape index (κ2) is 6.33. The minimum Gasteiger partial charge on any atom is -0.393 e. The molecule has 1 saturated carbocycles. The van der Waals surface area contributed by atoms with Gasteiger partial charge in [0.2, 0.25) is 5.91 Å². The van der Waals surface area contributed by atoms with Crippen LogP contribution in [0.5, 0.6) is 0 Å². The summed E-state index contributed by atoms with van der Waals surface area (Å²) >= 11 is 0. The van der Waals surface area contributed by atoms with E-state index in [-0.39, 0.29) is 12.0 Å². The Morgan fingerprint density at radius 1 is 1.15 bits per heavy atom. The van der Waals surface area contributed by atoms with E-state index in [4.69, 9.17) is 0 Å². The molecule has 0 spiro atoms. The quantitative estimate of drug-likeness (QED) is 0.869. The van der Waals surface area contributed by atoms with Gasteiger partial charge in [0.05, 0.1) is 12.5 Å². The fraction of sp³-hybridized carbons (Fsp3) is 0.929. The van der Waals surface area contributed by atoms with Gasteiger partial charge in [-0.2, -0.15) is 13.2 Å². The smallest absolute Gasteiger partial charge is 0.389 e. The molecule has 0 aromatic rings. The Bertz CT molecular complexity index is 346. The van der Waals surface area contributed by atoms with E-state index < -0.39 is 31.0 Å². The Labute approximate surface area is 117 Å². The minimum atomic E-state index is -4.28. The van der Waals surface area contributed by atoms with Crippen LogP contribution in [0, 0.1) is 5.92 Å². The Kier molecular flexibility index (Phi) is 4.94. The molecule has 1 saturated heterocycles. The number of hydrogen-bond donors (Lipinski definition) is 1. The van der Waals surface area contributed by atoms with E-state index in [9.17, 15) is 23.1 Å². The number of halogens is 3. The molecule has 0 aromatic heterocycles. The third-order valence-electron chi connectivity index (χ3n) is 4.52. The molecule has 116 valence electrons. The average molecular weight is 293 g/mol. The van der Waals surface area contributed by atoms with Gasteiger partial charge in [-0.3, -0.25) is 4.79 Å². The van der Waals surface area contributed by atoms with Gasteiger partial charge >= 0.3 is 6.18 Å². The number of aliphatic hydroxyl groups excluding tert-OH is 1. The van der Waals surface area contributed by atoms with Gasteiger partial charge in [-0.15, -0.1) is 0 Å². The Morgan fingerprint density at radius 3 is 2.50 bits per heavy atom. The highest BCUT2D eigenvalue weighted by molar-refractivity contribution is 5.76. The first-order valence-electron chi connectivity index (χ1n) is 7.43. The molecule has 2 fully saturated rings. The summed E-state index contributed by atoms with van der Waals surface area (Å²) in [4.78, 5) is 13.6. The topological polar surface area (TPSA) is 40.5 Å². The summed E-state index contributed by atoms with van der Waals surface area (Å²) in [6.07, 6.45) is -0.953. The zero-order valence-electron chi connectivity index (χ0n) is 11.5. The zero-order chi connectivity index (χ0) is 14.8. The van der Waals surface area contributed by atoms with Crippen molar-refractivity contribution in [3.63, 3.8) is 0 Å². The molecule has 6 heteroatoms. The summed E-state index contributed by atoms with van der Waals surface area (Å²) in [5.74, 6) is -0.372. The molecule has 1 amide bonds. The molecule has 1 aliphatic carbocycles. The maximum absolute atomic E-state index is 12.2. The second-order valence-corrected chi connectivity index (χ2v) is 5.93. The van der Waals surface area contributed by atoms with Gasteiger partial charge in [0.1, 0.15) is 0 Å². The number of carbonyl (C=O) groups excluding carboxylic acids is 1. The molecule has 2 rings (SSSR count). The Morgan fingerprint density at radius 2 is 1.85 bits per heavy atom. The SMILES string of the molecule is O=C(CCC(F)(F)F)N1CCC[C@@H]1[C@H]1CCCC[C@@H]1O. The van der Waals surface area contributed by atoms with Crippen LogP contribution in [0.25, 0.3) is 0 Å². The van der Waals surface area contributed by atoms with E-state index in [1.807, 2.05) is 0 Å². The molecule has 0 radical (unpaired) electrons. The molecule has 1 aliphatic heterocycles. The lowest BCUT2D eigenvalue weighted by Crippen LogP contribution is -2.45. The van der Waals surface area contributed by atoms with Crippen LogP contribution in [0.4, 0.5) is 13.2 Å². The molecule has 0 unspecified atom stereocenters. The van der Waals surface area contributed by atoms with E-state index in [1.165, 1.54) is 0 Å². The largest absolute Gasteiger partial charge is 0.393 e. The number of carbonyl (C=O) groups is 1. The summed E-state index contributed by atoms with van der Waals surface area (Å²) in [6, 6.07) is -0.0639. The molecule has 0 aromatic carbocycles. The molecule has 1 N–H and O–H groups in total. The van der Waals surface area contributed by atoms with Crippen molar-refractivity contribution in [3.8, 4) is 0 Å². The lowest BCUT2D eigenvalue weighted by atomic mass is 9.80. The number of likely N-dealkylation sites (tertiary alicyclic amines) is 1. The third kappa shape index (κ3) is 3.87. The van der Waals surface area contributed by atoms with E-state index in [1.54, 1.807) is 4.90 Å². The molecular weight excluding hydrogens is 271 g/mol. The van der Waals surface area contributed by atoms with Crippen LogP contribution in [0.2, 0.25) is 0 Å². The monoisotopic (exact) mass is 293 g/mol. The Balaban J connectivity index is 1.94. The molecule has 3 atom stereocenters. The van der Waals surface area contributed by atoms with E-state index in [2.05, 4.69) is 0 Å². The first kappa shape index (κ1) is 15.6. The van der Waals surface area contributed by atoms with Crippen molar-refractivity contribution in [2.24, 2.45) is 5.92 Å². The molecule has 2 aliphatic rings. The second-order valence-electron chi connectivity index (χ2n) is 5.93. The van der Waals surface area contributed by atoms with Crippen LogP contribution in [0.3, 0.4) is 0 Å². The van der Waals surface area contributed by atoms with Gasteiger partial charge < -0.3 is 10.0 Å². The number of hydrogen-bond acceptors (Lipinski definition) is 2. The highest BCUT2D eigenvalue weighted by Crippen LogP contribution is 2.35. The van der Waals surface area contributed by atoms with Crippen LogP contribution in [0.15, 0.2) is 0 Å². The fourth-order valence-corrected chi connectivity index (χ4v) is 3.53. The molecule has 3 nitrogen and oxygen atoms in total. The fourth-order valence-electron chi connectivity index (χ4n) is 3.53. The van der Waals surface area contributed by atoms with E-state index in [0.717, 1.165) is 38.5 Å². The van der Waals surface area contributed by atoms with E-state index in [0.29, 0.717) is 6.54 Å². The van der Waals surface area contributed by atoms with Crippen molar-refractivity contribution in [1.82, 2.24) is 4.90 Å². The first-order valence-corrected chi connectivity index (χ1v) is 7.43. The molecule has 20 heavy (non-hydrogen) atoms. The lowest BCUT2D eigenvalue weighted by Gasteiger charge is -2.37. The van der Waals surface area contributed by atoms with Gasteiger partial charge in [0, 0.05) is 24.9 Å². The van der Waals surface area contributed by atoms with Crippen LogP contribution in [0.1, 0.15) is 51.4 Å². The normalized spacial score (nSPS) is 31.6. The maximum Gasteiger partial charge on any atom is 0.389 e.